The van der Waals surface area contributed by atoms with E-state index in [1.54, 1.807) is 18.3 Å². The standard InChI is InChI=1S/C20H23N3O2S/c1-16-6-3-4-9-20(16)26(24,25)23-11-10-17-18(7-5-8-19(17)23)22-14-12-21(2)13-15-22/h3-11H,12-15H2,1-2H3. The molecule has 1 fully saturated rings. The zero-order chi connectivity index (χ0) is 18.3. The van der Waals surface area contributed by atoms with Gasteiger partial charge in [-0.05, 0) is 43.8 Å². The lowest BCUT2D eigenvalue weighted by atomic mass is 10.2. The van der Waals surface area contributed by atoms with Crippen LogP contribution in [0, 0.1) is 6.92 Å². The van der Waals surface area contributed by atoms with E-state index < -0.39 is 10.0 Å². The number of fused-ring (bicyclic) bond motifs is 1. The van der Waals surface area contributed by atoms with E-state index in [1.165, 1.54) is 3.97 Å². The Bertz CT molecular complexity index is 1050. The fourth-order valence-corrected chi connectivity index (χ4v) is 5.19. The summed E-state index contributed by atoms with van der Waals surface area (Å²) in [4.78, 5) is 5.00. The van der Waals surface area contributed by atoms with E-state index in [-0.39, 0.29) is 0 Å². The Morgan fingerprint density at radius 1 is 0.885 bits per heavy atom. The van der Waals surface area contributed by atoms with Gasteiger partial charge in [0.2, 0.25) is 0 Å². The molecule has 0 unspecified atom stereocenters. The second-order valence-corrected chi connectivity index (χ2v) is 8.67. The minimum Gasteiger partial charge on any atom is -0.368 e. The maximum absolute atomic E-state index is 13.2. The molecule has 0 N–H and O–H groups in total. The van der Waals surface area contributed by atoms with Gasteiger partial charge < -0.3 is 9.80 Å². The molecule has 1 saturated heterocycles. The largest absolute Gasteiger partial charge is 0.368 e. The van der Waals surface area contributed by atoms with E-state index in [0.29, 0.717) is 4.90 Å². The fraction of sp³-hybridized carbons (Fsp3) is 0.300. The van der Waals surface area contributed by atoms with E-state index >= 15 is 0 Å². The third-order valence-electron chi connectivity index (χ3n) is 5.15. The minimum atomic E-state index is -3.62. The molecule has 136 valence electrons. The average Bonchev–Trinajstić information content (AvgIpc) is 3.07. The second-order valence-electron chi connectivity index (χ2n) is 6.88. The van der Waals surface area contributed by atoms with Gasteiger partial charge in [-0.3, -0.25) is 0 Å². The van der Waals surface area contributed by atoms with Crippen molar-refractivity contribution < 1.29 is 8.42 Å². The number of piperazine rings is 1. The molecule has 1 aromatic heterocycles. The molecule has 3 aromatic rings. The molecule has 6 heteroatoms. The van der Waals surface area contributed by atoms with Crippen molar-refractivity contribution in [3.8, 4) is 0 Å². The molecular weight excluding hydrogens is 346 g/mol. The van der Waals surface area contributed by atoms with E-state index in [4.69, 9.17) is 0 Å². The first kappa shape index (κ1) is 17.1. The third-order valence-corrected chi connectivity index (χ3v) is 7.00. The van der Waals surface area contributed by atoms with E-state index in [0.717, 1.165) is 48.3 Å². The molecule has 0 radical (unpaired) electrons. The maximum Gasteiger partial charge on any atom is 0.268 e. The first-order valence-electron chi connectivity index (χ1n) is 8.83. The summed E-state index contributed by atoms with van der Waals surface area (Å²) in [5.74, 6) is 0. The van der Waals surface area contributed by atoms with E-state index in [2.05, 4.69) is 22.9 Å². The van der Waals surface area contributed by atoms with Crippen LogP contribution in [0.3, 0.4) is 0 Å². The van der Waals surface area contributed by atoms with Crippen molar-refractivity contribution in [3.05, 3.63) is 60.3 Å². The molecular formula is C20H23N3O2S. The Kier molecular flexibility index (Phi) is 4.25. The van der Waals surface area contributed by atoms with Crippen molar-refractivity contribution in [3.63, 3.8) is 0 Å². The first-order chi connectivity index (χ1) is 12.5. The highest BCUT2D eigenvalue weighted by Gasteiger charge is 2.23. The molecule has 2 heterocycles. The average molecular weight is 369 g/mol. The highest BCUT2D eigenvalue weighted by Crippen LogP contribution is 2.31. The summed E-state index contributed by atoms with van der Waals surface area (Å²) in [7, 11) is -1.49. The minimum absolute atomic E-state index is 0.350. The van der Waals surface area contributed by atoms with Crippen molar-refractivity contribution >= 4 is 26.6 Å². The Morgan fingerprint density at radius 2 is 1.62 bits per heavy atom. The first-order valence-corrected chi connectivity index (χ1v) is 10.3. The summed E-state index contributed by atoms with van der Waals surface area (Å²) in [5, 5.41) is 0.981. The molecule has 0 bridgehead atoms. The molecule has 2 aromatic carbocycles. The Balaban J connectivity index is 1.81. The molecule has 0 aliphatic carbocycles. The van der Waals surface area contributed by atoms with Crippen LogP contribution in [0.15, 0.2) is 59.6 Å². The number of hydrogen-bond acceptors (Lipinski definition) is 4. The van der Waals surface area contributed by atoms with Crippen molar-refractivity contribution in [2.45, 2.75) is 11.8 Å². The van der Waals surface area contributed by atoms with E-state index in [9.17, 15) is 8.42 Å². The molecule has 1 aliphatic heterocycles. The number of aryl methyl sites for hydroxylation is 1. The van der Waals surface area contributed by atoms with Crippen molar-refractivity contribution in [1.82, 2.24) is 8.87 Å². The van der Waals surface area contributed by atoms with Crippen LogP contribution in [0.4, 0.5) is 5.69 Å². The van der Waals surface area contributed by atoms with Crippen LogP contribution >= 0.6 is 0 Å². The molecule has 26 heavy (non-hydrogen) atoms. The zero-order valence-electron chi connectivity index (χ0n) is 15.1. The number of aromatic nitrogens is 1. The topological polar surface area (TPSA) is 45.6 Å². The Morgan fingerprint density at radius 3 is 2.35 bits per heavy atom. The summed E-state index contributed by atoms with van der Waals surface area (Å²) in [6.45, 7) is 5.75. The number of rotatable bonds is 3. The van der Waals surface area contributed by atoms with Gasteiger partial charge in [-0.15, -0.1) is 0 Å². The summed E-state index contributed by atoms with van der Waals surface area (Å²) in [5.41, 5.74) is 2.59. The van der Waals surface area contributed by atoms with Gasteiger partial charge in [-0.25, -0.2) is 12.4 Å². The monoisotopic (exact) mass is 369 g/mol. The summed E-state index contributed by atoms with van der Waals surface area (Å²) in [6.07, 6.45) is 1.67. The van der Waals surface area contributed by atoms with Crippen LogP contribution in [-0.4, -0.2) is 50.5 Å². The summed E-state index contributed by atoms with van der Waals surface area (Å²) < 4.78 is 27.8. The third kappa shape index (κ3) is 2.79. The highest BCUT2D eigenvalue weighted by molar-refractivity contribution is 7.90. The van der Waals surface area contributed by atoms with Gasteiger partial charge >= 0.3 is 0 Å². The van der Waals surface area contributed by atoms with Crippen LogP contribution in [0.25, 0.3) is 10.9 Å². The predicted octanol–water partition coefficient (Wildman–Crippen LogP) is 2.94. The molecule has 0 atom stereocenters. The zero-order valence-corrected chi connectivity index (χ0v) is 15.9. The highest BCUT2D eigenvalue weighted by atomic mass is 32.2. The number of hydrogen-bond donors (Lipinski definition) is 0. The van der Waals surface area contributed by atoms with Gasteiger partial charge in [0.1, 0.15) is 0 Å². The van der Waals surface area contributed by atoms with Gasteiger partial charge in [-0.2, -0.15) is 0 Å². The summed E-state index contributed by atoms with van der Waals surface area (Å²) in [6, 6.07) is 14.9. The quantitative estimate of drug-likeness (QED) is 0.712. The van der Waals surface area contributed by atoms with Crippen molar-refractivity contribution in [2.24, 2.45) is 0 Å². The van der Waals surface area contributed by atoms with Crippen LogP contribution in [0.5, 0.6) is 0 Å². The van der Waals surface area contributed by atoms with Crippen LogP contribution in [0.2, 0.25) is 0 Å². The molecule has 0 amide bonds. The number of nitrogens with zero attached hydrogens (tertiary/aromatic N) is 3. The number of anilines is 1. The van der Waals surface area contributed by atoms with Crippen molar-refractivity contribution in [2.75, 3.05) is 38.1 Å². The fourth-order valence-electron chi connectivity index (χ4n) is 3.61. The van der Waals surface area contributed by atoms with Gasteiger partial charge in [0, 0.05) is 43.4 Å². The molecule has 1 aliphatic rings. The van der Waals surface area contributed by atoms with Gasteiger partial charge in [0.15, 0.2) is 0 Å². The van der Waals surface area contributed by atoms with Gasteiger partial charge in [0.25, 0.3) is 10.0 Å². The normalized spacial score (nSPS) is 16.3. The Hall–Kier alpha value is -2.31. The van der Waals surface area contributed by atoms with Gasteiger partial charge in [-0.1, -0.05) is 24.3 Å². The van der Waals surface area contributed by atoms with Crippen LogP contribution in [0.1, 0.15) is 5.56 Å². The molecule has 5 nitrogen and oxygen atoms in total. The second kappa shape index (κ2) is 6.45. The SMILES string of the molecule is Cc1ccccc1S(=O)(=O)n1ccc2c(N3CCN(C)CC3)cccc21. The maximum atomic E-state index is 13.2. The molecule has 0 spiro atoms. The lowest BCUT2D eigenvalue weighted by Crippen LogP contribution is -2.44. The summed E-state index contributed by atoms with van der Waals surface area (Å²) >= 11 is 0. The lowest BCUT2D eigenvalue weighted by Gasteiger charge is -2.34. The van der Waals surface area contributed by atoms with Crippen molar-refractivity contribution in [1.29, 1.82) is 0 Å². The van der Waals surface area contributed by atoms with Gasteiger partial charge in [0.05, 0.1) is 10.4 Å². The predicted molar refractivity (Wildman–Crippen MR) is 105 cm³/mol. The Labute approximate surface area is 154 Å². The van der Waals surface area contributed by atoms with Crippen LogP contribution in [-0.2, 0) is 10.0 Å². The van der Waals surface area contributed by atoms with E-state index in [1.807, 2.05) is 37.3 Å². The number of likely N-dealkylation sites (N-methyl/N-ethyl adjacent to an activating group) is 1. The molecule has 0 saturated carbocycles. The smallest absolute Gasteiger partial charge is 0.268 e. The molecule has 4 rings (SSSR count). The lowest BCUT2D eigenvalue weighted by molar-refractivity contribution is 0.313. The number of benzene rings is 2. The van der Waals surface area contributed by atoms with Crippen LogP contribution < -0.4 is 4.90 Å².